The molecule has 2 rings (SSSR count). The maximum absolute atomic E-state index is 12.3. The molecule has 2 N–H and O–H groups in total. The quantitative estimate of drug-likeness (QED) is 0.830. The van der Waals surface area contributed by atoms with E-state index in [0.717, 1.165) is 5.56 Å². The minimum absolute atomic E-state index is 0.0115. The molecule has 0 aromatic heterocycles. The number of hydrogen-bond donors (Lipinski definition) is 1. The highest BCUT2D eigenvalue weighted by molar-refractivity contribution is 5.80. The van der Waals surface area contributed by atoms with Crippen LogP contribution in [0.2, 0.25) is 0 Å². The van der Waals surface area contributed by atoms with Crippen LogP contribution in [0.25, 0.3) is 0 Å². The van der Waals surface area contributed by atoms with Crippen LogP contribution < -0.4 is 10.5 Å². The highest BCUT2D eigenvalue weighted by Gasteiger charge is 2.28. The van der Waals surface area contributed by atoms with Crippen molar-refractivity contribution in [2.75, 3.05) is 32.9 Å². The molecule has 0 fully saturated rings. The Labute approximate surface area is 137 Å². The Hall–Kier alpha value is -2.24. The van der Waals surface area contributed by atoms with Gasteiger partial charge in [0.05, 0.1) is 13.0 Å². The molecule has 0 saturated heterocycles. The van der Waals surface area contributed by atoms with Gasteiger partial charge in [0, 0.05) is 44.7 Å². The first-order chi connectivity index (χ1) is 10.8. The second-order valence-corrected chi connectivity index (χ2v) is 6.35. The maximum Gasteiger partial charge on any atom is 0.226 e. The number of nitrogens with two attached hydrogens (primary N) is 1. The van der Waals surface area contributed by atoms with Crippen molar-refractivity contribution in [2.24, 2.45) is 5.92 Å². The number of rotatable bonds is 2. The summed E-state index contributed by atoms with van der Waals surface area (Å²) >= 11 is 0. The minimum Gasteiger partial charge on any atom is -0.488 e. The summed E-state index contributed by atoms with van der Waals surface area (Å²) in [5, 5.41) is 0. The van der Waals surface area contributed by atoms with Crippen LogP contribution in [0.3, 0.4) is 0 Å². The van der Waals surface area contributed by atoms with E-state index in [1.54, 1.807) is 42.1 Å². The predicted octanol–water partition coefficient (Wildman–Crippen LogP) is 1.15. The molecule has 23 heavy (non-hydrogen) atoms. The number of carbonyl (C=O) groups excluding carboxylic acids is 2. The van der Waals surface area contributed by atoms with Crippen molar-refractivity contribution in [3.05, 3.63) is 23.8 Å². The lowest BCUT2D eigenvalue weighted by Gasteiger charge is -2.30. The lowest BCUT2D eigenvalue weighted by molar-refractivity contribution is -0.131. The van der Waals surface area contributed by atoms with E-state index in [2.05, 4.69) is 0 Å². The molecule has 0 radical (unpaired) electrons. The van der Waals surface area contributed by atoms with Crippen LogP contribution in [0.15, 0.2) is 18.2 Å². The van der Waals surface area contributed by atoms with Gasteiger partial charge in [-0.05, 0) is 18.2 Å². The molecule has 0 unspecified atom stereocenters. The number of fused-ring (bicyclic) bond motifs is 1. The number of likely N-dealkylation sites (N-methyl/N-ethyl adjacent to an activating group) is 2. The SMILES string of the molecule is CC(=O)N(C)C[C@@H]1Oc2ccc(N)cc2CC(=O)N(C)C[C@H]1C. The Bertz CT molecular complexity index is 603. The first-order valence-electron chi connectivity index (χ1n) is 7.78. The van der Waals surface area contributed by atoms with Crippen LogP contribution in [0.1, 0.15) is 19.4 Å². The zero-order chi connectivity index (χ0) is 17.1. The molecule has 1 aromatic carbocycles. The molecule has 1 aliphatic heterocycles. The van der Waals surface area contributed by atoms with Crippen LogP contribution in [0.5, 0.6) is 5.75 Å². The van der Waals surface area contributed by atoms with E-state index >= 15 is 0 Å². The molecule has 6 heteroatoms. The largest absolute Gasteiger partial charge is 0.488 e. The number of carbonyl (C=O) groups is 2. The Morgan fingerprint density at radius 1 is 1.48 bits per heavy atom. The van der Waals surface area contributed by atoms with E-state index in [9.17, 15) is 9.59 Å². The second-order valence-electron chi connectivity index (χ2n) is 6.35. The third kappa shape index (κ3) is 4.15. The van der Waals surface area contributed by atoms with E-state index < -0.39 is 0 Å². The summed E-state index contributed by atoms with van der Waals surface area (Å²) in [6, 6.07) is 5.35. The molecule has 2 amide bonds. The summed E-state index contributed by atoms with van der Waals surface area (Å²) in [6.45, 7) is 4.62. The van der Waals surface area contributed by atoms with Gasteiger partial charge in [0.2, 0.25) is 11.8 Å². The Morgan fingerprint density at radius 2 is 2.17 bits per heavy atom. The summed E-state index contributed by atoms with van der Waals surface area (Å²) in [6.07, 6.45) is 0.0680. The molecule has 126 valence electrons. The zero-order valence-corrected chi connectivity index (χ0v) is 14.2. The lowest BCUT2D eigenvalue weighted by atomic mass is 10.0. The summed E-state index contributed by atoms with van der Waals surface area (Å²) in [7, 11) is 3.55. The average molecular weight is 319 g/mol. The first-order valence-corrected chi connectivity index (χ1v) is 7.78. The Balaban J connectivity index is 2.35. The molecule has 6 nitrogen and oxygen atoms in total. The standard InChI is InChI=1S/C17H25N3O3/c1-11-9-20(4)17(22)8-13-7-14(18)5-6-15(13)23-16(11)10-19(3)12(2)21/h5-7,11,16H,8-10,18H2,1-4H3/t11-,16+/m1/s1. The van der Waals surface area contributed by atoms with Gasteiger partial charge in [-0.3, -0.25) is 9.59 Å². The van der Waals surface area contributed by atoms with E-state index in [1.807, 2.05) is 6.92 Å². The molecule has 2 atom stereocenters. The minimum atomic E-state index is -0.195. The third-order valence-corrected chi connectivity index (χ3v) is 4.32. The number of nitrogens with zero attached hydrogens (tertiary/aromatic N) is 2. The summed E-state index contributed by atoms with van der Waals surface area (Å²) in [4.78, 5) is 27.2. The average Bonchev–Trinajstić information content (AvgIpc) is 2.51. The fourth-order valence-electron chi connectivity index (χ4n) is 2.70. The lowest BCUT2D eigenvalue weighted by Crippen LogP contribution is -2.43. The van der Waals surface area contributed by atoms with Crippen molar-refractivity contribution < 1.29 is 14.3 Å². The van der Waals surface area contributed by atoms with Crippen LogP contribution in [0.4, 0.5) is 5.69 Å². The molecular weight excluding hydrogens is 294 g/mol. The molecule has 1 aliphatic rings. The van der Waals surface area contributed by atoms with Gasteiger partial charge in [0.25, 0.3) is 0 Å². The van der Waals surface area contributed by atoms with Crippen molar-refractivity contribution in [3.63, 3.8) is 0 Å². The molecule has 0 saturated carbocycles. The van der Waals surface area contributed by atoms with Gasteiger partial charge >= 0.3 is 0 Å². The Morgan fingerprint density at radius 3 is 2.83 bits per heavy atom. The number of anilines is 1. The zero-order valence-electron chi connectivity index (χ0n) is 14.2. The highest BCUT2D eigenvalue weighted by Crippen LogP contribution is 2.27. The van der Waals surface area contributed by atoms with Gasteiger partial charge in [-0.2, -0.15) is 0 Å². The van der Waals surface area contributed by atoms with Crippen molar-refractivity contribution in [3.8, 4) is 5.75 Å². The smallest absolute Gasteiger partial charge is 0.226 e. The molecule has 0 aliphatic carbocycles. The summed E-state index contributed by atoms with van der Waals surface area (Å²) < 4.78 is 6.17. The number of nitrogen functional groups attached to an aromatic ring is 1. The number of ether oxygens (including phenoxy) is 1. The third-order valence-electron chi connectivity index (χ3n) is 4.32. The first kappa shape index (κ1) is 17.1. The van der Waals surface area contributed by atoms with Gasteiger partial charge < -0.3 is 20.3 Å². The molecule has 1 heterocycles. The fourth-order valence-corrected chi connectivity index (χ4v) is 2.70. The number of benzene rings is 1. The Kier molecular flexibility index (Phi) is 5.13. The molecule has 0 bridgehead atoms. The van der Waals surface area contributed by atoms with Gasteiger partial charge in [-0.15, -0.1) is 0 Å². The summed E-state index contributed by atoms with van der Waals surface area (Å²) in [5.41, 5.74) is 7.23. The molecular formula is C17H25N3O3. The van der Waals surface area contributed by atoms with E-state index in [4.69, 9.17) is 10.5 Å². The van der Waals surface area contributed by atoms with Gasteiger partial charge in [-0.1, -0.05) is 6.92 Å². The number of hydrogen-bond acceptors (Lipinski definition) is 4. The number of amides is 2. The predicted molar refractivity (Wildman–Crippen MR) is 89.1 cm³/mol. The monoisotopic (exact) mass is 319 g/mol. The van der Waals surface area contributed by atoms with Gasteiger partial charge in [0.1, 0.15) is 11.9 Å². The maximum atomic E-state index is 12.3. The second kappa shape index (κ2) is 6.89. The van der Waals surface area contributed by atoms with Gasteiger partial charge in [-0.25, -0.2) is 0 Å². The van der Waals surface area contributed by atoms with Crippen LogP contribution in [-0.2, 0) is 16.0 Å². The van der Waals surface area contributed by atoms with E-state index in [-0.39, 0.29) is 30.3 Å². The molecule has 0 spiro atoms. The topological polar surface area (TPSA) is 75.9 Å². The van der Waals surface area contributed by atoms with Gasteiger partial charge in [0.15, 0.2) is 0 Å². The van der Waals surface area contributed by atoms with Crippen LogP contribution in [0, 0.1) is 5.92 Å². The van der Waals surface area contributed by atoms with Crippen LogP contribution >= 0.6 is 0 Å². The fraction of sp³-hybridized carbons (Fsp3) is 0.529. The van der Waals surface area contributed by atoms with Crippen LogP contribution in [-0.4, -0.2) is 54.9 Å². The molecule has 1 aromatic rings. The van der Waals surface area contributed by atoms with E-state index in [0.29, 0.717) is 24.5 Å². The van der Waals surface area contributed by atoms with Crippen molar-refractivity contribution in [1.82, 2.24) is 9.80 Å². The van der Waals surface area contributed by atoms with Crippen molar-refractivity contribution in [1.29, 1.82) is 0 Å². The summed E-state index contributed by atoms with van der Waals surface area (Å²) in [5.74, 6) is 0.779. The highest BCUT2D eigenvalue weighted by atomic mass is 16.5. The van der Waals surface area contributed by atoms with Crippen molar-refractivity contribution in [2.45, 2.75) is 26.4 Å². The van der Waals surface area contributed by atoms with Crippen molar-refractivity contribution >= 4 is 17.5 Å². The normalized spacial score (nSPS) is 21.6. The van der Waals surface area contributed by atoms with E-state index in [1.165, 1.54) is 6.92 Å².